The van der Waals surface area contributed by atoms with Gasteiger partial charge in [-0.3, -0.25) is 4.79 Å². The molecule has 2 heteroatoms. The maximum absolute atomic E-state index is 12.7. The van der Waals surface area contributed by atoms with E-state index >= 15 is 0 Å². The zero-order chi connectivity index (χ0) is 13.8. The first-order valence-electron chi connectivity index (χ1n) is 7.37. The third kappa shape index (κ3) is 2.44. The second-order valence-corrected chi connectivity index (χ2v) is 5.02. The number of benzene rings is 1. The van der Waals surface area contributed by atoms with Crippen LogP contribution in [0.2, 0.25) is 0 Å². The highest BCUT2D eigenvalue weighted by Gasteiger charge is 2.14. The van der Waals surface area contributed by atoms with E-state index in [9.17, 15) is 4.79 Å². The highest BCUT2D eigenvalue weighted by atomic mass is 16.1. The van der Waals surface area contributed by atoms with Crippen LogP contribution in [0, 0.1) is 0 Å². The summed E-state index contributed by atoms with van der Waals surface area (Å²) in [6.07, 6.45) is 3.99. The summed E-state index contributed by atoms with van der Waals surface area (Å²) >= 11 is 0. The van der Waals surface area contributed by atoms with E-state index in [1.54, 1.807) is 0 Å². The summed E-state index contributed by atoms with van der Waals surface area (Å²) in [5, 5.41) is 1.26. The Balaban J connectivity index is 2.86. The van der Waals surface area contributed by atoms with Crippen LogP contribution in [-0.2, 0) is 19.4 Å². The number of rotatable bonds is 5. The molecular formula is C17H23NO. The molecule has 0 radical (unpaired) electrons. The van der Waals surface area contributed by atoms with E-state index in [0.717, 1.165) is 43.3 Å². The molecule has 19 heavy (non-hydrogen) atoms. The van der Waals surface area contributed by atoms with Crippen molar-refractivity contribution in [3.63, 3.8) is 0 Å². The molecule has 0 atom stereocenters. The van der Waals surface area contributed by atoms with Crippen LogP contribution in [0.25, 0.3) is 10.9 Å². The molecule has 1 aromatic heterocycles. The summed E-state index contributed by atoms with van der Waals surface area (Å²) in [7, 11) is 0. The fraction of sp³-hybridized carbons (Fsp3) is 0.471. The Hall–Kier alpha value is -1.57. The van der Waals surface area contributed by atoms with E-state index in [4.69, 9.17) is 0 Å². The molecule has 0 aliphatic heterocycles. The minimum Gasteiger partial charge on any atom is -0.308 e. The van der Waals surface area contributed by atoms with Crippen molar-refractivity contribution < 1.29 is 0 Å². The van der Waals surface area contributed by atoms with Gasteiger partial charge in [0.25, 0.3) is 5.56 Å². The van der Waals surface area contributed by atoms with E-state index < -0.39 is 0 Å². The molecular weight excluding hydrogens is 234 g/mol. The smallest absolute Gasteiger partial charge is 0.254 e. The minimum atomic E-state index is 0.214. The second kappa shape index (κ2) is 6.05. The average Bonchev–Trinajstić information content (AvgIpc) is 2.43. The van der Waals surface area contributed by atoms with E-state index in [2.05, 4.69) is 32.0 Å². The molecule has 1 aromatic carbocycles. The first-order chi connectivity index (χ1) is 9.24. The van der Waals surface area contributed by atoms with Crippen LogP contribution in [0.15, 0.2) is 29.1 Å². The van der Waals surface area contributed by atoms with Gasteiger partial charge >= 0.3 is 0 Å². The van der Waals surface area contributed by atoms with Crippen LogP contribution < -0.4 is 5.56 Å². The SMILES string of the molecule is CCCc1c(CCC)c2ccccc2n(CC)c1=O. The largest absolute Gasteiger partial charge is 0.308 e. The Bertz CT molecular complexity index is 625. The van der Waals surface area contributed by atoms with Crippen molar-refractivity contribution in [3.8, 4) is 0 Å². The summed E-state index contributed by atoms with van der Waals surface area (Å²) in [6, 6.07) is 8.31. The predicted octanol–water partition coefficient (Wildman–Crippen LogP) is 3.93. The number of para-hydroxylation sites is 1. The molecule has 2 aromatic rings. The van der Waals surface area contributed by atoms with Crippen molar-refractivity contribution >= 4 is 10.9 Å². The number of pyridine rings is 1. The summed E-state index contributed by atoms with van der Waals surface area (Å²) in [5.74, 6) is 0. The lowest BCUT2D eigenvalue weighted by atomic mass is 9.96. The zero-order valence-electron chi connectivity index (χ0n) is 12.2. The summed E-state index contributed by atoms with van der Waals surface area (Å²) in [6.45, 7) is 7.10. The molecule has 0 saturated carbocycles. The Morgan fingerprint density at radius 3 is 2.21 bits per heavy atom. The molecule has 0 aliphatic carbocycles. The van der Waals surface area contributed by atoms with Gasteiger partial charge in [0.1, 0.15) is 0 Å². The maximum Gasteiger partial charge on any atom is 0.254 e. The van der Waals surface area contributed by atoms with E-state index in [1.165, 1.54) is 10.9 Å². The molecule has 0 aliphatic rings. The number of aryl methyl sites for hydroxylation is 2. The van der Waals surface area contributed by atoms with Crippen molar-refractivity contribution in [3.05, 3.63) is 45.7 Å². The predicted molar refractivity (Wildman–Crippen MR) is 81.9 cm³/mol. The number of nitrogens with zero attached hydrogens (tertiary/aromatic N) is 1. The van der Waals surface area contributed by atoms with Gasteiger partial charge in [0.05, 0.1) is 5.52 Å². The number of fused-ring (bicyclic) bond motifs is 1. The summed E-state index contributed by atoms with van der Waals surface area (Å²) in [5.41, 5.74) is 3.60. The van der Waals surface area contributed by atoms with Gasteiger partial charge in [-0.2, -0.15) is 0 Å². The highest BCUT2D eigenvalue weighted by Crippen LogP contribution is 2.22. The van der Waals surface area contributed by atoms with Crippen molar-refractivity contribution in [2.24, 2.45) is 0 Å². The normalized spacial score (nSPS) is 11.1. The standard InChI is InChI=1S/C17H23NO/c1-4-9-13-14-11-7-8-12-16(14)18(6-3)17(19)15(13)10-5-2/h7-8,11-12H,4-6,9-10H2,1-3H3. The lowest BCUT2D eigenvalue weighted by molar-refractivity contribution is 0.731. The van der Waals surface area contributed by atoms with Crippen LogP contribution in [0.5, 0.6) is 0 Å². The van der Waals surface area contributed by atoms with Crippen LogP contribution in [0.4, 0.5) is 0 Å². The fourth-order valence-electron chi connectivity index (χ4n) is 2.89. The molecule has 0 N–H and O–H groups in total. The molecule has 0 spiro atoms. The fourth-order valence-corrected chi connectivity index (χ4v) is 2.89. The van der Waals surface area contributed by atoms with E-state index in [0.29, 0.717) is 0 Å². The Morgan fingerprint density at radius 2 is 1.58 bits per heavy atom. The monoisotopic (exact) mass is 257 g/mol. The first-order valence-corrected chi connectivity index (χ1v) is 7.37. The summed E-state index contributed by atoms with van der Waals surface area (Å²) < 4.78 is 1.92. The second-order valence-electron chi connectivity index (χ2n) is 5.02. The third-order valence-electron chi connectivity index (χ3n) is 3.70. The number of aromatic nitrogens is 1. The molecule has 0 fully saturated rings. The quantitative estimate of drug-likeness (QED) is 0.795. The molecule has 0 bridgehead atoms. The van der Waals surface area contributed by atoms with Gasteiger partial charge in [-0.1, -0.05) is 44.9 Å². The highest BCUT2D eigenvalue weighted by molar-refractivity contribution is 5.83. The van der Waals surface area contributed by atoms with Crippen molar-refractivity contribution in [2.75, 3.05) is 0 Å². The third-order valence-corrected chi connectivity index (χ3v) is 3.70. The van der Waals surface area contributed by atoms with Gasteiger partial charge < -0.3 is 4.57 Å². The molecule has 2 rings (SSSR count). The van der Waals surface area contributed by atoms with Crippen molar-refractivity contribution in [2.45, 2.75) is 53.0 Å². The van der Waals surface area contributed by atoms with Gasteiger partial charge in [-0.05, 0) is 31.4 Å². The van der Waals surface area contributed by atoms with Crippen LogP contribution in [0.3, 0.4) is 0 Å². The van der Waals surface area contributed by atoms with Gasteiger partial charge in [0.15, 0.2) is 0 Å². The topological polar surface area (TPSA) is 22.0 Å². The average molecular weight is 257 g/mol. The first kappa shape index (κ1) is 13.9. The molecule has 0 unspecified atom stereocenters. The van der Waals surface area contributed by atoms with Gasteiger partial charge in [0.2, 0.25) is 0 Å². The Labute approximate surface area is 115 Å². The molecule has 0 amide bonds. The molecule has 1 heterocycles. The van der Waals surface area contributed by atoms with Crippen molar-refractivity contribution in [1.82, 2.24) is 4.57 Å². The van der Waals surface area contributed by atoms with Gasteiger partial charge in [0, 0.05) is 17.5 Å². The van der Waals surface area contributed by atoms with Crippen LogP contribution in [0.1, 0.15) is 44.7 Å². The van der Waals surface area contributed by atoms with E-state index in [1.807, 2.05) is 17.6 Å². The van der Waals surface area contributed by atoms with Crippen LogP contribution in [-0.4, -0.2) is 4.57 Å². The molecule has 2 nitrogen and oxygen atoms in total. The zero-order valence-corrected chi connectivity index (χ0v) is 12.2. The van der Waals surface area contributed by atoms with Gasteiger partial charge in [-0.25, -0.2) is 0 Å². The van der Waals surface area contributed by atoms with Crippen molar-refractivity contribution in [1.29, 1.82) is 0 Å². The lowest BCUT2D eigenvalue weighted by Crippen LogP contribution is -2.25. The molecule has 0 saturated heterocycles. The maximum atomic E-state index is 12.7. The van der Waals surface area contributed by atoms with Crippen LogP contribution >= 0.6 is 0 Å². The number of hydrogen-bond donors (Lipinski definition) is 0. The summed E-state index contributed by atoms with van der Waals surface area (Å²) in [4.78, 5) is 12.7. The molecule has 102 valence electrons. The number of hydrogen-bond acceptors (Lipinski definition) is 1. The lowest BCUT2D eigenvalue weighted by Gasteiger charge is -2.16. The Kier molecular flexibility index (Phi) is 4.41. The van der Waals surface area contributed by atoms with E-state index in [-0.39, 0.29) is 5.56 Å². The van der Waals surface area contributed by atoms with Gasteiger partial charge in [-0.15, -0.1) is 0 Å². The minimum absolute atomic E-state index is 0.214. The Morgan fingerprint density at radius 1 is 0.947 bits per heavy atom.